The number of halogens is 1. The van der Waals surface area contributed by atoms with Gasteiger partial charge in [0.05, 0.1) is 16.5 Å². The zero-order valence-corrected chi connectivity index (χ0v) is 17.7. The Morgan fingerprint density at radius 2 is 1.96 bits per heavy atom. The minimum absolute atomic E-state index is 0.0861. The fourth-order valence-corrected chi connectivity index (χ4v) is 6.08. The van der Waals surface area contributed by atoms with Gasteiger partial charge in [-0.05, 0) is 37.0 Å². The molecule has 0 bridgehead atoms. The number of aromatic nitrogens is 2. The van der Waals surface area contributed by atoms with Gasteiger partial charge < -0.3 is 4.90 Å². The molecule has 1 aromatic carbocycles. The van der Waals surface area contributed by atoms with Crippen molar-refractivity contribution in [3.05, 3.63) is 28.4 Å². The molecule has 6 nitrogen and oxygen atoms in total. The Kier molecular flexibility index (Phi) is 5.44. The summed E-state index contributed by atoms with van der Waals surface area (Å²) in [5, 5.41) is 4.90. The molecule has 8 heteroatoms. The lowest BCUT2D eigenvalue weighted by Crippen LogP contribution is -2.43. The topological polar surface area (TPSA) is 72.3 Å². The highest BCUT2D eigenvalue weighted by Gasteiger charge is 2.33. The molecule has 1 amide bonds. The first-order chi connectivity index (χ1) is 12.2. The molecule has 2 heterocycles. The Labute approximate surface area is 162 Å². The van der Waals surface area contributed by atoms with E-state index in [9.17, 15) is 13.2 Å². The zero-order chi connectivity index (χ0) is 19.1. The summed E-state index contributed by atoms with van der Waals surface area (Å²) in [5.74, 6) is 0.254. The van der Waals surface area contributed by atoms with Gasteiger partial charge in [-0.2, -0.15) is 5.10 Å². The van der Waals surface area contributed by atoms with Crippen molar-refractivity contribution < 1.29 is 13.2 Å². The fraction of sp³-hybridized carbons (Fsp3) is 0.556. The Hall–Kier alpha value is -1.41. The summed E-state index contributed by atoms with van der Waals surface area (Å²) in [6, 6.07) is 5.67. The summed E-state index contributed by atoms with van der Waals surface area (Å²) >= 11 is 3.42. The maximum atomic E-state index is 13.0. The van der Waals surface area contributed by atoms with E-state index in [0.29, 0.717) is 31.6 Å². The highest BCUT2D eigenvalue weighted by molar-refractivity contribution is 9.10. The molecule has 0 saturated carbocycles. The van der Waals surface area contributed by atoms with Crippen LogP contribution in [0, 0.1) is 5.92 Å². The van der Waals surface area contributed by atoms with Gasteiger partial charge in [-0.25, -0.2) is 8.42 Å². The number of piperidine rings is 1. The van der Waals surface area contributed by atoms with E-state index in [0.717, 1.165) is 15.4 Å². The Bertz CT molecular complexity index is 929. The van der Waals surface area contributed by atoms with Gasteiger partial charge in [0, 0.05) is 30.0 Å². The number of aryl methyl sites for hydroxylation is 1. The van der Waals surface area contributed by atoms with Gasteiger partial charge in [0.15, 0.2) is 9.84 Å². The molecular formula is C18H24BrN3O3S. The van der Waals surface area contributed by atoms with Gasteiger partial charge in [-0.3, -0.25) is 9.48 Å². The third-order valence-electron chi connectivity index (χ3n) is 4.80. The van der Waals surface area contributed by atoms with Crippen molar-refractivity contribution in [3.8, 4) is 0 Å². The largest absolute Gasteiger partial charge is 0.337 e. The molecule has 2 aromatic rings. The molecule has 0 unspecified atom stereocenters. The van der Waals surface area contributed by atoms with E-state index in [2.05, 4.69) is 21.0 Å². The standard InChI is InChI=1S/C18H24BrN3O3S/c1-12(2)11-26(24,25)14-6-8-22(9-7-14)18(23)17-15-5-4-13(19)10-16(15)20-21(17)3/h4-5,10,12,14H,6-9,11H2,1-3H3. The smallest absolute Gasteiger partial charge is 0.272 e. The van der Waals surface area contributed by atoms with Gasteiger partial charge in [0.1, 0.15) is 5.69 Å². The van der Waals surface area contributed by atoms with Crippen LogP contribution in [0.5, 0.6) is 0 Å². The predicted molar refractivity (Wildman–Crippen MR) is 106 cm³/mol. The third-order valence-corrected chi connectivity index (χ3v) is 7.91. The van der Waals surface area contributed by atoms with E-state index in [4.69, 9.17) is 0 Å². The summed E-state index contributed by atoms with van der Waals surface area (Å²) in [4.78, 5) is 14.8. The van der Waals surface area contributed by atoms with Crippen LogP contribution in [-0.4, -0.2) is 53.1 Å². The van der Waals surface area contributed by atoms with E-state index in [1.54, 1.807) is 16.6 Å². The van der Waals surface area contributed by atoms with E-state index in [1.165, 1.54) is 0 Å². The lowest BCUT2D eigenvalue weighted by molar-refractivity contribution is 0.0716. The van der Waals surface area contributed by atoms with Crippen LogP contribution in [0.1, 0.15) is 37.2 Å². The molecular weight excluding hydrogens is 418 g/mol. The van der Waals surface area contributed by atoms with Crippen LogP contribution in [0.15, 0.2) is 22.7 Å². The number of benzene rings is 1. The first-order valence-corrected chi connectivity index (χ1v) is 11.3. The van der Waals surface area contributed by atoms with Gasteiger partial charge in [-0.1, -0.05) is 29.8 Å². The minimum Gasteiger partial charge on any atom is -0.337 e. The Morgan fingerprint density at radius 3 is 2.58 bits per heavy atom. The molecule has 0 aliphatic carbocycles. The SMILES string of the molecule is CC(C)CS(=O)(=O)C1CCN(C(=O)c2c3ccc(Br)cc3nn2C)CC1. The number of carbonyl (C=O) groups excluding carboxylic acids is 1. The molecule has 0 N–H and O–H groups in total. The monoisotopic (exact) mass is 441 g/mol. The Morgan fingerprint density at radius 1 is 1.31 bits per heavy atom. The van der Waals surface area contributed by atoms with Gasteiger partial charge in [-0.15, -0.1) is 0 Å². The minimum atomic E-state index is -3.09. The summed E-state index contributed by atoms with van der Waals surface area (Å²) in [6.07, 6.45) is 1.00. The van der Waals surface area contributed by atoms with E-state index in [-0.39, 0.29) is 22.8 Å². The number of nitrogens with zero attached hydrogens (tertiary/aromatic N) is 3. The molecule has 0 spiro atoms. The third kappa shape index (κ3) is 3.81. The number of amides is 1. The van der Waals surface area contributed by atoms with Gasteiger partial charge >= 0.3 is 0 Å². The van der Waals surface area contributed by atoms with Crippen molar-refractivity contribution in [2.75, 3.05) is 18.8 Å². The van der Waals surface area contributed by atoms with Crippen molar-refractivity contribution in [1.82, 2.24) is 14.7 Å². The van der Waals surface area contributed by atoms with Crippen molar-refractivity contribution >= 4 is 42.6 Å². The molecule has 142 valence electrons. The molecule has 1 fully saturated rings. The normalized spacial score (nSPS) is 16.6. The first-order valence-electron chi connectivity index (χ1n) is 8.82. The first kappa shape index (κ1) is 19.4. The average molecular weight is 442 g/mol. The quantitative estimate of drug-likeness (QED) is 0.730. The molecule has 1 aromatic heterocycles. The molecule has 0 radical (unpaired) electrons. The van der Waals surface area contributed by atoms with Crippen LogP contribution in [0.25, 0.3) is 10.9 Å². The number of hydrogen-bond donors (Lipinski definition) is 0. The molecule has 1 aliphatic rings. The van der Waals surface area contributed by atoms with Crippen molar-refractivity contribution in [3.63, 3.8) is 0 Å². The molecule has 0 atom stereocenters. The van der Waals surface area contributed by atoms with Gasteiger partial charge in [0.25, 0.3) is 5.91 Å². The number of sulfone groups is 1. The second-order valence-electron chi connectivity index (χ2n) is 7.35. The second kappa shape index (κ2) is 7.31. The predicted octanol–water partition coefficient (Wildman–Crippen LogP) is 3.01. The summed E-state index contributed by atoms with van der Waals surface area (Å²) in [6.45, 7) is 4.76. The molecule has 1 aliphatic heterocycles. The van der Waals surface area contributed by atoms with Gasteiger partial charge in [0.2, 0.25) is 0 Å². The lowest BCUT2D eigenvalue weighted by atomic mass is 10.1. The van der Waals surface area contributed by atoms with E-state index < -0.39 is 9.84 Å². The van der Waals surface area contributed by atoms with Crippen LogP contribution < -0.4 is 0 Å². The van der Waals surface area contributed by atoms with Crippen LogP contribution in [0.2, 0.25) is 0 Å². The average Bonchev–Trinajstić information content (AvgIpc) is 2.88. The summed E-state index contributed by atoms with van der Waals surface area (Å²) in [5.41, 5.74) is 1.32. The van der Waals surface area contributed by atoms with Crippen molar-refractivity contribution in [1.29, 1.82) is 0 Å². The zero-order valence-electron chi connectivity index (χ0n) is 15.3. The maximum Gasteiger partial charge on any atom is 0.272 e. The number of likely N-dealkylation sites (tertiary alicyclic amines) is 1. The van der Waals surface area contributed by atoms with Crippen LogP contribution >= 0.6 is 15.9 Å². The van der Waals surface area contributed by atoms with Crippen LogP contribution in [-0.2, 0) is 16.9 Å². The van der Waals surface area contributed by atoms with Crippen molar-refractivity contribution in [2.24, 2.45) is 13.0 Å². The lowest BCUT2D eigenvalue weighted by Gasteiger charge is -2.32. The van der Waals surface area contributed by atoms with Crippen molar-refractivity contribution in [2.45, 2.75) is 31.9 Å². The van der Waals surface area contributed by atoms with Crippen LogP contribution in [0.3, 0.4) is 0 Å². The van der Waals surface area contributed by atoms with E-state index >= 15 is 0 Å². The second-order valence-corrected chi connectivity index (χ2v) is 10.6. The summed E-state index contributed by atoms with van der Waals surface area (Å²) in [7, 11) is -1.33. The highest BCUT2D eigenvalue weighted by atomic mass is 79.9. The number of carbonyl (C=O) groups is 1. The highest BCUT2D eigenvalue weighted by Crippen LogP contribution is 2.26. The fourth-order valence-electron chi connectivity index (χ4n) is 3.60. The van der Waals surface area contributed by atoms with E-state index in [1.807, 2.05) is 32.0 Å². The number of fused-ring (bicyclic) bond motifs is 1. The Balaban J connectivity index is 1.76. The maximum absolute atomic E-state index is 13.0. The molecule has 1 saturated heterocycles. The summed E-state index contributed by atoms with van der Waals surface area (Å²) < 4.78 is 27.4. The number of hydrogen-bond acceptors (Lipinski definition) is 4. The molecule has 26 heavy (non-hydrogen) atoms. The molecule has 3 rings (SSSR count). The van der Waals surface area contributed by atoms with Crippen LogP contribution in [0.4, 0.5) is 0 Å². The number of rotatable bonds is 4.